The summed E-state index contributed by atoms with van der Waals surface area (Å²) < 4.78 is 15.3. The van der Waals surface area contributed by atoms with Gasteiger partial charge in [0.25, 0.3) is 11.6 Å². The predicted molar refractivity (Wildman–Crippen MR) is 95.8 cm³/mol. The number of para-hydroxylation sites is 2. The molecule has 0 aliphatic carbocycles. The van der Waals surface area contributed by atoms with Crippen molar-refractivity contribution in [3.05, 3.63) is 58.6 Å². The first kappa shape index (κ1) is 19.7. The minimum absolute atomic E-state index is 0.0184. The lowest BCUT2D eigenvalue weighted by Gasteiger charge is -2.14. The van der Waals surface area contributed by atoms with Crippen molar-refractivity contribution in [2.45, 2.75) is 13.0 Å². The quantitative estimate of drug-likeness (QED) is 0.429. The van der Waals surface area contributed by atoms with E-state index in [-0.39, 0.29) is 11.4 Å². The summed E-state index contributed by atoms with van der Waals surface area (Å²) in [4.78, 5) is 34.3. The van der Waals surface area contributed by atoms with E-state index in [9.17, 15) is 19.7 Å². The number of rotatable bonds is 8. The van der Waals surface area contributed by atoms with Crippen LogP contribution < -0.4 is 14.8 Å². The summed E-state index contributed by atoms with van der Waals surface area (Å²) in [6, 6.07) is 12.3. The van der Waals surface area contributed by atoms with Crippen LogP contribution in [0.4, 0.5) is 11.4 Å². The van der Waals surface area contributed by atoms with Gasteiger partial charge in [0.15, 0.2) is 12.7 Å². The summed E-state index contributed by atoms with van der Waals surface area (Å²) in [5.74, 6) is -0.367. The zero-order chi connectivity index (χ0) is 19.8. The lowest BCUT2D eigenvalue weighted by molar-refractivity contribution is -0.383. The molecule has 1 amide bonds. The number of carbonyl (C=O) groups is 2. The van der Waals surface area contributed by atoms with Crippen molar-refractivity contribution in [1.29, 1.82) is 0 Å². The third kappa shape index (κ3) is 5.70. The van der Waals surface area contributed by atoms with Crippen molar-refractivity contribution < 1.29 is 28.7 Å². The van der Waals surface area contributed by atoms with E-state index < -0.39 is 29.5 Å². The van der Waals surface area contributed by atoms with Gasteiger partial charge in [0.1, 0.15) is 17.2 Å². The van der Waals surface area contributed by atoms with Crippen LogP contribution in [0.5, 0.6) is 11.5 Å². The van der Waals surface area contributed by atoms with Gasteiger partial charge in [0.2, 0.25) is 0 Å². The van der Waals surface area contributed by atoms with Crippen LogP contribution in [-0.4, -0.2) is 36.6 Å². The van der Waals surface area contributed by atoms with E-state index in [0.29, 0.717) is 11.5 Å². The fraction of sp³-hybridized carbons (Fsp3) is 0.222. The molecule has 1 N–H and O–H groups in total. The highest BCUT2D eigenvalue weighted by molar-refractivity contribution is 5.96. The molecule has 1 atom stereocenters. The fourth-order valence-electron chi connectivity index (χ4n) is 2.07. The van der Waals surface area contributed by atoms with E-state index in [1.807, 2.05) is 0 Å². The standard InChI is InChI=1S/C18H18N2O7/c1-12(18(22)19-15-5-3-4-6-16(15)20(23)24)27-17(21)11-26-14-9-7-13(25-2)8-10-14/h3-10,12H,11H2,1-2H3,(H,19,22)/t12-/m0/s1. The Morgan fingerprint density at radius 1 is 1.11 bits per heavy atom. The average Bonchev–Trinajstić information content (AvgIpc) is 2.67. The smallest absolute Gasteiger partial charge is 0.344 e. The number of hydrogen-bond donors (Lipinski definition) is 1. The molecule has 0 fully saturated rings. The lowest BCUT2D eigenvalue weighted by atomic mass is 10.2. The first-order valence-corrected chi connectivity index (χ1v) is 7.91. The van der Waals surface area contributed by atoms with Gasteiger partial charge >= 0.3 is 5.97 Å². The lowest BCUT2D eigenvalue weighted by Crippen LogP contribution is -2.31. The van der Waals surface area contributed by atoms with Crippen molar-refractivity contribution in [1.82, 2.24) is 0 Å². The summed E-state index contributed by atoms with van der Waals surface area (Å²) >= 11 is 0. The van der Waals surface area contributed by atoms with Crippen LogP contribution in [0.15, 0.2) is 48.5 Å². The molecule has 0 radical (unpaired) electrons. The Bertz CT molecular complexity index is 821. The van der Waals surface area contributed by atoms with Crippen LogP contribution in [0.1, 0.15) is 6.92 Å². The molecule has 0 bridgehead atoms. The minimum Gasteiger partial charge on any atom is -0.497 e. The van der Waals surface area contributed by atoms with Gasteiger partial charge in [-0.2, -0.15) is 0 Å². The number of nitrogens with zero attached hydrogens (tertiary/aromatic N) is 1. The normalized spacial score (nSPS) is 11.2. The van der Waals surface area contributed by atoms with Crippen molar-refractivity contribution in [3.63, 3.8) is 0 Å². The predicted octanol–water partition coefficient (Wildman–Crippen LogP) is 2.55. The molecule has 0 unspecified atom stereocenters. The van der Waals surface area contributed by atoms with E-state index in [1.165, 1.54) is 32.2 Å². The first-order chi connectivity index (χ1) is 12.9. The van der Waals surface area contributed by atoms with E-state index in [1.54, 1.807) is 30.3 Å². The van der Waals surface area contributed by atoms with Crippen molar-refractivity contribution in [3.8, 4) is 11.5 Å². The van der Waals surface area contributed by atoms with Crippen LogP contribution in [-0.2, 0) is 14.3 Å². The molecular weight excluding hydrogens is 356 g/mol. The molecule has 2 aromatic carbocycles. The molecule has 2 aromatic rings. The minimum atomic E-state index is -1.16. The molecule has 0 saturated heterocycles. The second kappa shape index (κ2) is 9.18. The van der Waals surface area contributed by atoms with Gasteiger partial charge < -0.3 is 19.5 Å². The largest absolute Gasteiger partial charge is 0.497 e. The van der Waals surface area contributed by atoms with E-state index in [2.05, 4.69) is 5.32 Å². The number of nitro groups is 1. The fourth-order valence-corrected chi connectivity index (χ4v) is 2.07. The number of methoxy groups -OCH3 is 1. The highest BCUT2D eigenvalue weighted by atomic mass is 16.6. The van der Waals surface area contributed by atoms with Crippen molar-refractivity contribution >= 4 is 23.3 Å². The molecule has 142 valence electrons. The zero-order valence-corrected chi connectivity index (χ0v) is 14.7. The van der Waals surface area contributed by atoms with Crippen LogP contribution in [0.3, 0.4) is 0 Å². The Morgan fingerprint density at radius 3 is 2.37 bits per heavy atom. The van der Waals surface area contributed by atoms with Crippen LogP contribution in [0.25, 0.3) is 0 Å². The number of esters is 1. The number of amides is 1. The summed E-state index contributed by atoms with van der Waals surface area (Å²) in [7, 11) is 1.53. The van der Waals surface area contributed by atoms with Crippen LogP contribution in [0, 0.1) is 10.1 Å². The number of nitro benzene ring substituents is 1. The van der Waals surface area contributed by atoms with Gasteiger partial charge in [0, 0.05) is 6.07 Å². The number of benzene rings is 2. The molecule has 0 aliphatic heterocycles. The maximum absolute atomic E-state index is 12.1. The monoisotopic (exact) mass is 374 g/mol. The number of carbonyl (C=O) groups excluding carboxylic acids is 2. The van der Waals surface area contributed by atoms with Crippen LogP contribution in [0.2, 0.25) is 0 Å². The highest BCUT2D eigenvalue weighted by Gasteiger charge is 2.21. The maximum Gasteiger partial charge on any atom is 0.344 e. The Hall–Kier alpha value is -3.62. The van der Waals surface area contributed by atoms with Crippen molar-refractivity contribution in [2.24, 2.45) is 0 Å². The third-order valence-corrected chi connectivity index (χ3v) is 3.45. The van der Waals surface area contributed by atoms with Gasteiger partial charge in [-0.25, -0.2) is 4.79 Å². The second-order valence-corrected chi connectivity index (χ2v) is 5.36. The Kier molecular flexibility index (Phi) is 6.70. The molecule has 0 aliphatic rings. The molecule has 0 aromatic heterocycles. The van der Waals surface area contributed by atoms with E-state index >= 15 is 0 Å². The topological polar surface area (TPSA) is 117 Å². The van der Waals surface area contributed by atoms with Gasteiger partial charge in [-0.05, 0) is 37.3 Å². The first-order valence-electron chi connectivity index (χ1n) is 7.91. The average molecular weight is 374 g/mol. The van der Waals surface area contributed by atoms with Gasteiger partial charge in [-0.1, -0.05) is 12.1 Å². The number of nitrogens with one attached hydrogen (secondary N) is 1. The van der Waals surface area contributed by atoms with Gasteiger partial charge in [0.05, 0.1) is 12.0 Å². The number of hydrogen-bond acceptors (Lipinski definition) is 7. The van der Waals surface area contributed by atoms with E-state index in [4.69, 9.17) is 14.2 Å². The van der Waals surface area contributed by atoms with Crippen LogP contribution >= 0.6 is 0 Å². The number of anilines is 1. The molecule has 9 heteroatoms. The number of ether oxygens (including phenoxy) is 3. The Labute approximate surface area is 155 Å². The molecule has 0 saturated carbocycles. The Balaban J connectivity index is 1.86. The Morgan fingerprint density at radius 2 is 1.74 bits per heavy atom. The van der Waals surface area contributed by atoms with Gasteiger partial charge in [-0.15, -0.1) is 0 Å². The molecule has 0 spiro atoms. The van der Waals surface area contributed by atoms with Gasteiger partial charge in [-0.3, -0.25) is 14.9 Å². The summed E-state index contributed by atoms with van der Waals surface area (Å²) in [6.07, 6.45) is -1.16. The van der Waals surface area contributed by atoms with Crippen molar-refractivity contribution in [2.75, 3.05) is 19.0 Å². The summed E-state index contributed by atoms with van der Waals surface area (Å²) in [6.45, 7) is 0.963. The molecule has 9 nitrogen and oxygen atoms in total. The third-order valence-electron chi connectivity index (χ3n) is 3.45. The van der Waals surface area contributed by atoms with E-state index in [0.717, 1.165) is 0 Å². The summed E-state index contributed by atoms with van der Waals surface area (Å²) in [5, 5.41) is 13.3. The molecule has 0 heterocycles. The second-order valence-electron chi connectivity index (χ2n) is 5.36. The summed E-state index contributed by atoms with van der Waals surface area (Å²) in [5.41, 5.74) is -0.239. The molecule has 2 rings (SSSR count). The highest BCUT2D eigenvalue weighted by Crippen LogP contribution is 2.23. The maximum atomic E-state index is 12.1. The SMILES string of the molecule is COc1ccc(OCC(=O)O[C@@H](C)C(=O)Nc2ccccc2[N+](=O)[O-])cc1. The molecule has 27 heavy (non-hydrogen) atoms. The zero-order valence-electron chi connectivity index (χ0n) is 14.7. The molecular formula is C18H18N2O7.